The number of rotatable bonds is 5. The van der Waals surface area contributed by atoms with E-state index in [1.165, 1.54) is 6.07 Å². The van der Waals surface area contributed by atoms with Crippen LogP contribution in [0, 0.1) is 10.1 Å². The van der Waals surface area contributed by atoms with Gasteiger partial charge in [0.05, 0.1) is 11.0 Å². The van der Waals surface area contributed by atoms with Gasteiger partial charge in [-0.2, -0.15) is 0 Å². The number of nitro groups is 1. The van der Waals surface area contributed by atoms with E-state index in [9.17, 15) is 10.1 Å². The van der Waals surface area contributed by atoms with Crippen molar-refractivity contribution in [3.05, 3.63) is 40.6 Å². The molecule has 0 aliphatic carbocycles. The Bertz CT molecular complexity index is 599. The van der Waals surface area contributed by atoms with E-state index in [0.29, 0.717) is 23.3 Å². The van der Waals surface area contributed by atoms with Crippen molar-refractivity contribution in [2.45, 2.75) is 0 Å². The molecule has 6 nitrogen and oxygen atoms in total. The van der Waals surface area contributed by atoms with Gasteiger partial charge >= 0.3 is 0 Å². The maximum atomic E-state index is 11.1. The first-order valence-electron chi connectivity index (χ1n) is 5.88. The van der Waals surface area contributed by atoms with Gasteiger partial charge in [0.2, 0.25) is 0 Å². The Morgan fingerprint density at radius 1 is 1.42 bits per heavy atom. The minimum atomic E-state index is -0.436. The van der Waals surface area contributed by atoms with Gasteiger partial charge < -0.3 is 9.64 Å². The van der Waals surface area contributed by atoms with Crippen LogP contribution in [0.1, 0.15) is 0 Å². The van der Waals surface area contributed by atoms with Crippen molar-refractivity contribution in [3.8, 4) is 5.75 Å². The van der Waals surface area contributed by atoms with Gasteiger partial charge in [0.15, 0.2) is 0 Å². The number of benzene rings is 1. The number of ether oxygens (including phenoxy) is 1. The molecule has 0 aliphatic heterocycles. The van der Waals surface area contributed by atoms with Crippen molar-refractivity contribution in [2.24, 2.45) is 0 Å². The van der Waals surface area contributed by atoms with Gasteiger partial charge in [-0.3, -0.25) is 10.1 Å². The number of pyridine rings is 1. The normalized spacial score (nSPS) is 10.9. The van der Waals surface area contributed by atoms with Crippen LogP contribution < -0.4 is 4.74 Å². The average Bonchev–Trinajstić information content (AvgIpc) is 2.37. The molecule has 0 amide bonds. The van der Waals surface area contributed by atoms with E-state index in [-0.39, 0.29) is 5.69 Å². The monoisotopic (exact) mass is 261 g/mol. The third kappa shape index (κ3) is 3.17. The number of nitrogens with zero attached hydrogens (tertiary/aromatic N) is 3. The summed E-state index contributed by atoms with van der Waals surface area (Å²) in [4.78, 5) is 16.6. The third-order valence-electron chi connectivity index (χ3n) is 2.66. The van der Waals surface area contributed by atoms with E-state index in [0.717, 1.165) is 6.54 Å². The Morgan fingerprint density at radius 2 is 2.21 bits per heavy atom. The molecular weight excluding hydrogens is 246 g/mol. The van der Waals surface area contributed by atoms with Crippen LogP contribution in [0.4, 0.5) is 5.69 Å². The lowest BCUT2D eigenvalue weighted by Gasteiger charge is -2.11. The van der Waals surface area contributed by atoms with Crippen LogP contribution in [-0.2, 0) is 0 Å². The van der Waals surface area contributed by atoms with E-state index in [1.807, 2.05) is 19.0 Å². The highest BCUT2D eigenvalue weighted by Gasteiger charge is 2.15. The maximum absolute atomic E-state index is 11.1. The number of nitro benzene ring substituents is 1. The first kappa shape index (κ1) is 13.2. The van der Waals surface area contributed by atoms with Crippen LogP contribution in [0.15, 0.2) is 30.5 Å². The molecule has 0 atom stereocenters. The number of hydrogen-bond acceptors (Lipinski definition) is 5. The molecule has 0 spiro atoms. The molecule has 0 radical (unpaired) electrons. The Balaban J connectivity index is 2.33. The van der Waals surface area contributed by atoms with Crippen molar-refractivity contribution < 1.29 is 9.66 Å². The molecule has 0 saturated heterocycles. The van der Waals surface area contributed by atoms with Gasteiger partial charge in [0, 0.05) is 18.1 Å². The van der Waals surface area contributed by atoms with Crippen molar-refractivity contribution in [3.63, 3.8) is 0 Å². The standard InChI is InChI=1S/C13H15N3O3/c1-15(2)6-7-19-11-8-10-4-3-5-14-13(10)12(9-11)16(17)18/h3-5,8-9H,6-7H2,1-2H3. The summed E-state index contributed by atoms with van der Waals surface area (Å²) in [5, 5.41) is 11.8. The summed E-state index contributed by atoms with van der Waals surface area (Å²) in [5.74, 6) is 0.494. The fourth-order valence-electron chi connectivity index (χ4n) is 1.71. The molecule has 6 heteroatoms. The summed E-state index contributed by atoms with van der Waals surface area (Å²) in [6.45, 7) is 1.23. The van der Waals surface area contributed by atoms with Crippen LogP contribution in [0.2, 0.25) is 0 Å². The van der Waals surface area contributed by atoms with E-state index in [1.54, 1.807) is 24.4 Å². The highest BCUT2D eigenvalue weighted by atomic mass is 16.6. The quantitative estimate of drug-likeness (QED) is 0.609. The SMILES string of the molecule is CN(C)CCOc1cc([N+](=O)[O-])c2ncccc2c1. The fourth-order valence-corrected chi connectivity index (χ4v) is 1.71. The van der Waals surface area contributed by atoms with Crippen LogP contribution in [0.5, 0.6) is 5.75 Å². The lowest BCUT2D eigenvalue weighted by atomic mass is 10.2. The van der Waals surface area contributed by atoms with E-state index < -0.39 is 4.92 Å². The molecule has 0 N–H and O–H groups in total. The highest BCUT2D eigenvalue weighted by Crippen LogP contribution is 2.29. The summed E-state index contributed by atoms with van der Waals surface area (Å²) < 4.78 is 5.54. The molecule has 2 rings (SSSR count). The van der Waals surface area contributed by atoms with E-state index in [4.69, 9.17) is 4.74 Å². The van der Waals surface area contributed by atoms with Gasteiger partial charge in [-0.05, 0) is 26.2 Å². The lowest BCUT2D eigenvalue weighted by Crippen LogP contribution is -2.19. The van der Waals surface area contributed by atoms with Crippen LogP contribution in [0.3, 0.4) is 0 Å². The smallest absolute Gasteiger partial charge is 0.299 e. The van der Waals surface area contributed by atoms with Crippen molar-refractivity contribution in [2.75, 3.05) is 27.2 Å². The molecule has 0 saturated carbocycles. The minimum Gasteiger partial charge on any atom is -0.492 e. The Hall–Kier alpha value is -2.21. The number of hydrogen-bond donors (Lipinski definition) is 0. The second-order valence-corrected chi connectivity index (χ2v) is 4.43. The first-order chi connectivity index (χ1) is 9.08. The summed E-state index contributed by atoms with van der Waals surface area (Å²) in [6, 6.07) is 6.72. The van der Waals surface area contributed by atoms with Gasteiger partial charge in [0.1, 0.15) is 17.9 Å². The zero-order chi connectivity index (χ0) is 13.8. The summed E-state index contributed by atoms with van der Waals surface area (Å²) >= 11 is 0. The largest absolute Gasteiger partial charge is 0.492 e. The Kier molecular flexibility index (Phi) is 3.91. The second-order valence-electron chi connectivity index (χ2n) is 4.43. The van der Waals surface area contributed by atoms with Gasteiger partial charge in [-0.15, -0.1) is 0 Å². The number of aromatic nitrogens is 1. The predicted octanol–water partition coefficient (Wildman–Crippen LogP) is 2.08. The molecule has 1 heterocycles. The summed E-state index contributed by atoms with van der Waals surface area (Å²) in [5.41, 5.74) is 0.352. The van der Waals surface area contributed by atoms with Gasteiger partial charge in [-0.1, -0.05) is 6.07 Å². The van der Waals surface area contributed by atoms with E-state index in [2.05, 4.69) is 4.98 Å². The van der Waals surface area contributed by atoms with Crippen LogP contribution >= 0.6 is 0 Å². The zero-order valence-electron chi connectivity index (χ0n) is 10.9. The molecule has 1 aromatic heterocycles. The Labute approximate surface area is 110 Å². The predicted molar refractivity (Wildman–Crippen MR) is 72.4 cm³/mol. The second kappa shape index (κ2) is 5.62. The van der Waals surface area contributed by atoms with Crippen molar-refractivity contribution in [1.82, 2.24) is 9.88 Å². The first-order valence-corrected chi connectivity index (χ1v) is 5.88. The summed E-state index contributed by atoms with van der Waals surface area (Å²) in [7, 11) is 3.88. The highest BCUT2D eigenvalue weighted by molar-refractivity contribution is 5.88. The molecular formula is C13H15N3O3. The maximum Gasteiger partial charge on any atom is 0.299 e. The van der Waals surface area contributed by atoms with E-state index >= 15 is 0 Å². The molecule has 0 fully saturated rings. The average molecular weight is 261 g/mol. The Morgan fingerprint density at radius 3 is 2.89 bits per heavy atom. The molecule has 19 heavy (non-hydrogen) atoms. The lowest BCUT2D eigenvalue weighted by molar-refractivity contribution is -0.383. The number of likely N-dealkylation sites (N-methyl/N-ethyl adjacent to an activating group) is 1. The fraction of sp³-hybridized carbons (Fsp3) is 0.308. The molecule has 0 unspecified atom stereocenters. The summed E-state index contributed by atoms with van der Waals surface area (Å²) in [6.07, 6.45) is 1.54. The molecule has 0 aliphatic rings. The molecule has 100 valence electrons. The van der Waals surface area contributed by atoms with Crippen LogP contribution in [-0.4, -0.2) is 42.1 Å². The van der Waals surface area contributed by atoms with Crippen LogP contribution in [0.25, 0.3) is 10.9 Å². The van der Waals surface area contributed by atoms with Gasteiger partial charge in [0.25, 0.3) is 5.69 Å². The minimum absolute atomic E-state index is 0.0297. The van der Waals surface area contributed by atoms with Crippen molar-refractivity contribution >= 4 is 16.6 Å². The topological polar surface area (TPSA) is 68.5 Å². The molecule has 0 bridgehead atoms. The zero-order valence-corrected chi connectivity index (χ0v) is 10.9. The third-order valence-corrected chi connectivity index (χ3v) is 2.66. The molecule has 2 aromatic rings. The van der Waals surface area contributed by atoms with Gasteiger partial charge in [-0.25, -0.2) is 4.98 Å². The van der Waals surface area contributed by atoms with Crippen molar-refractivity contribution in [1.29, 1.82) is 0 Å². The number of non-ortho nitro benzene ring substituents is 1. The number of fused-ring (bicyclic) bond motifs is 1. The molecule has 1 aromatic carbocycles.